The SMILES string of the molecule is Cc1cccc(F)c1-n1nc2c(-c3ccc(N4CCN5CCOC[C@@H]5C4)cc3)n[nH]c2cc1=O. The molecule has 2 aliphatic rings. The van der Waals surface area contributed by atoms with Crippen LogP contribution in [0.25, 0.3) is 28.0 Å². The summed E-state index contributed by atoms with van der Waals surface area (Å²) in [6.45, 7) is 7.33. The highest BCUT2D eigenvalue weighted by molar-refractivity contribution is 5.89. The minimum absolute atomic E-state index is 0.155. The van der Waals surface area contributed by atoms with E-state index in [1.807, 2.05) is 12.1 Å². The van der Waals surface area contributed by atoms with Crippen LogP contribution in [0.2, 0.25) is 0 Å². The van der Waals surface area contributed by atoms with Crippen LogP contribution in [0.15, 0.2) is 53.3 Å². The summed E-state index contributed by atoms with van der Waals surface area (Å²) in [4.78, 5) is 17.6. The molecule has 0 unspecified atom stereocenters. The largest absolute Gasteiger partial charge is 0.378 e. The fraction of sp³-hybridized carbons (Fsp3) is 0.320. The van der Waals surface area contributed by atoms with Gasteiger partial charge in [-0.1, -0.05) is 24.3 Å². The van der Waals surface area contributed by atoms with E-state index in [9.17, 15) is 9.18 Å². The molecule has 174 valence electrons. The van der Waals surface area contributed by atoms with E-state index < -0.39 is 11.4 Å². The number of hydrogen-bond donors (Lipinski definition) is 1. The molecular formula is C25H25FN6O2. The molecule has 4 heterocycles. The van der Waals surface area contributed by atoms with Gasteiger partial charge in [-0.15, -0.1) is 0 Å². The van der Waals surface area contributed by atoms with Crippen molar-refractivity contribution in [2.45, 2.75) is 13.0 Å². The summed E-state index contributed by atoms with van der Waals surface area (Å²) in [5.41, 5.74) is 4.05. The Labute approximate surface area is 195 Å². The number of piperazine rings is 1. The summed E-state index contributed by atoms with van der Waals surface area (Å²) in [6.07, 6.45) is 0. The lowest BCUT2D eigenvalue weighted by Gasteiger charge is -2.44. The van der Waals surface area contributed by atoms with E-state index in [0.717, 1.165) is 55.3 Å². The maximum Gasteiger partial charge on any atom is 0.273 e. The molecule has 1 atom stereocenters. The van der Waals surface area contributed by atoms with E-state index in [1.165, 1.54) is 12.1 Å². The van der Waals surface area contributed by atoms with E-state index in [1.54, 1.807) is 19.1 Å². The van der Waals surface area contributed by atoms with Gasteiger partial charge < -0.3 is 9.64 Å². The fourth-order valence-corrected chi connectivity index (χ4v) is 4.95. The third kappa shape index (κ3) is 3.57. The third-order valence-electron chi connectivity index (χ3n) is 6.79. The van der Waals surface area contributed by atoms with Crippen LogP contribution in [0, 0.1) is 12.7 Å². The highest BCUT2D eigenvalue weighted by Gasteiger charge is 2.29. The number of H-pyrrole nitrogens is 1. The Bertz CT molecular complexity index is 1390. The van der Waals surface area contributed by atoms with Crippen molar-refractivity contribution in [2.24, 2.45) is 0 Å². The second-order valence-corrected chi connectivity index (χ2v) is 8.89. The summed E-state index contributed by atoms with van der Waals surface area (Å²) in [5.74, 6) is -0.494. The predicted octanol–water partition coefficient (Wildman–Crippen LogP) is 2.74. The number of hydrogen-bond acceptors (Lipinski definition) is 6. The molecule has 2 aromatic carbocycles. The Kier molecular flexibility index (Phi) is 5.15. The van der Waals surface area contributed by atoms with E-state index in [2.05, 4.69) is 37.2 Å². The number of rotatable bonds is 3. The molecule has 0 aliphatic carbocycles. The van der Waals surface area contributed by atoms with Crippen LogP contribution in [0.1, 0.15) is 5.56 Å². The molecule has 0 saturated carbocycles. The number of aryl methyl sites for hydroxylation is 1. The molecule has 0 radical (unpaired) electrons. The number of aromatic nitrogens is 4. The molecule has 9 heteroatoms. The number of morpholine rings is 1. The average Bonchev–Trinajstić information content (AvgIpc) is 3.26. The van der Waals surface area contributed by atoms with Gasteiger partial charge in [0, 0.05) is 43.5 Å². The van der Waals surface area contributed by atoms with Crippen LogP contribution in [-0.4, -0.2) is 70.3 Å². The van der Waals surface area contributed by atoms with Gasteiger partial charge in [0.15, 0.2) is 0 Å². The number of para-hydroxylation sites is 1. The van der Waals surface area contributed by atoms with Crippen LogP contribution >= 0.6 is 0 Å². The van der Waals surface area contributed by atoms with Crippen molar-refractivity contribution in [3.05, 3.63) is 70.3 Å². The fourth-order valence-electron chi connectivity index (χ4n) is 4.95. The number of nitrogens with zero attached hydrogens (tertiary/aromatic N) is 5. The van der Waals surface area contributed by atoms with Gasteiger partial charge in [-0.3, -0.25) is 14.8 Å². The van der Waals surface area contributed by atoms with Crippen molar-refractivity contribution in [2.75, 3.05) is 44.3 Å². The first-order chi connectivity index (χ1) is 16.6. The minimum atomic E-state index is -0.494. The zero-order valence-corrected chi connectivity index (χ0v) is 18.9. The van der Waals surface area contributed by atoms with E-state index >= 15 is 0 Å². The molecule has 6 rings (SSSR count). The molecule has 0 spiro atoms. The van der Waals surface area contributed by atoms with E-state index in [4.69, 9.17) is 4.74 Å². The molecule has 0 bridgehead atoms. The van der Waals surface area contributed by atoms with Crippen molar-refractivity contribution in [1.82, 2.24) is 24.9 Å². The zero-order chi connectivity index (χ0) is 23.2. The van der Waals surface area contributed by atoms with Crippen molar-refractivity contribution < 1.29 is 9.13 Å². The van der Waals surface area contributed by atoms with Crippen molar-refractivity contribution in [1.29, 1.82) is 0 Å². The quantitative estimate of drug-likeness (QED) is 0.507. The normalized spacial score (nSPS) is 18.9. The van der Waals surface area contributed by atoms with Crippen molar-refractivity contribution in [3.63, 3.8) is 0 Å². The Morgan fingerprint density at radius 2 is 1.97 bits per heavy atom. The number of ether oxygens (including phenoxy) is 1. The number of halogens is 1. The monoisotopic (exact) mass is 460 g/mol. The Hall–Kier alpha value is -3.56. The first-order valence-corrected chi connectivity index (χ1v) is 11.5. The van der Waals surface area contributed by atoms with Gasteiger partial charge in [0.2, 0.25) is 0 Å². The van der Waals surface area contributed by atoms with Crippen LogP contribution in [-0.2, 0) is 4.74 Å². The average molecular weight is 461 g/mol. The Balaban J connectivity index is 1.33. The van der Waals surface area contributed by atoms with Gasteiger partial charge in [-0.05, 0) is 30.7 Å². The molecule has 8 nitrogen and oxygen atoms in total. The predicted molar refractivity (Wildman–Crippen MR) is 128 cm³/mol. The molecule has 2 aliphatic heterocycles. The van der Waals surface area contributed by atoms with E-state index in [-0.39, 0.29) is 5.69 Å². The number of benzene rings is 2. The highest BCUT2D eigenvalue weighted by Crippen LogP contribution is 2.28. The molecule has 4 aromatic rings. The molecule has 2 fully saturated rings. The lowest BCUT2D eigenvalue weighted by atomic mass is 10.1. The van der Waals surface area contributed by atoms with Crippen molar-refractivity contribution >= 4 is 16.7 Å². The van der Waals surface area contributed by atoms with Gasteiger partial charge >= 0.3 is 0 Å². The third-order valence-corrected chi connectivity index (χ3v) is 6.79. The zero-order valence-electron chi connectivity index (χ0n) is 18.9. The number of aromatic amines is 1. The van der Waals surface area contributed by atoms with Gasteiger partial charge in [0.1, 0.15) is 22.7 Å². The van der Waals surface area contributed by atoms with Crippen LogP contribution in [0.3, 0.4) is 0 Å². The Morgan fingerprint density at radius 3 is 2.79 bits per heavy atom. The topological polar surface area (TPSA) is 79.3 Å². The number of anilines is 1. The molecule has 2 aromatic heterocycles. The van der Waals surface area contributed by atoms with E-state index in [0.29, 0.717) is 28.3 Å². The highest BCUT2D eigenvalue weighted by atomic mass is 19.1. The summed E-state index contributed by atoms with van der Waals surface area (Å²) in [7, 11) is 0. The minimum Gasteiger partial charge on any atom is -0.378 e. The van der Waals surface area contributed by atoms with Crippen LogP contribution < -0.4 is 10.5 Å². The molecular weight excluding hydrogens is 435 g/mol. The molecule has 1 N–H and O–H groups in total. The lowest BCUT2D eigenvalue weighted by molar-refractivity contribution is -0.0116. The van der Waals surface area contributed by atoms with Crippen LogP contribution in [0.5, 0.6) is 0 Å². The smallest absolute Gasteiger partial charge is 0.273 e. The first kappa shape index (κ1) is 21.0. The van der Waals surface area contributed by atoms with Gasteiger partial charge in [0.25, 0.3) is 5.56 Å². The number of nitrogens with one attached hydrogen (secondary N) is 1. The molecule has 34 heavy (non-hydrogen) atoms. The maximum absolute atomic E-state index is 14.6. The van der Waals surface area contributed by atoms with Crippen molar-refractivity contribution in [3.8, 4) is 16.9 Å². The second kappa shape index (κ2) is 8.34. The second-order valence-electron chi connectivity index (χ2n) is 8.89. The van der Waals surface area contributed by atoms with Gasteiger partial charge in [-0.2, -0.15) is 14.9 Å². The Morgan fingerprint density at radius 1 is 1.12 bits per heavy atom. The number of fused-ring (bicyclic) bond motifs is 2. The van der Waals surface area contributed by atoms with Gasteiger partial charge in [0.05, 0.1) is 24.8 Å². The standard InChI is InChI=1S/C25H25FN6O2/c1-16-3-2-4-20(26)25(16)32-22(33)13-21-24(29-32)23(28-27-21)17-5-7-18(8-6-17)31-10-9-30-11-12-34-15-19(30)14-31/h2-8,13,19,27H,9-12,14-15H2,1H3/t19-/m0/s1. The molecule has 0 amide bonds. The first-order valence-electron chi connectivity index (χ1n) is 11.5. The van der Waals surface area contributed by atoms with Gasteiger partial charge in [-0.25, -0.2) is 4.39 Å². The lowest BCUT2D eigenvalue weighted by Crippen LogP contribution is -2.58. The summed E-state index contributed by atoms with van der Waals surface area (Å²) >= 11 is 0. The van der Waals surface area contributed by atoms with Crippen LogP contribution in [0.4, 0.5) is 10.1 Å². The summed E-state index contributed by atoms with van der Waals surface area (Å²) in [6, 6.07) is 14.7. The maximum atomic E-state index is 14.6. The molecule has 2 saturated heterocycles. The summed E-state index contributed by atoms with van der Waals surface area (Å²) < 4.78 is 21.3. The summed E-state index contributed by atoms with van der Waals surface area (Å²) in [5, 5.41) is 11.8.